The zero-order valence-corrected chi connectivity index (χ0v) is 12.4. The number of anilines is 1. The fraction of sp³-hybridized carbons (Fsp3) is 0.300. The lowest BCUT2D eigenvalue weighted by molar-refractivity contribution is 0.599. The van der Waals surface area contributed by atoms with Gasteiger partial charge < -0.3 is 5.32 Å². The maximum atomic E-state index is 12.3. The molecule has 0 saturated heterocycles. The monoisotopic (exact) mass is 303 g/mol. The van der Waals surface area contributed by atoms with Crippen LogP contribution in [0.4, 0.5) is 5.13 Å². The van der Waals surface area contributed by atoms with Crippen molar-refractivity contribution in [2.75, 3.05) is 11.8 Å². The van der Waals surface area contributed by atoms with Crippen LogP contribution in [0.3, 0.4) is 0 Å². The molecule has 0 aliphatic rings. The minimum atomic E-state index is -3.56. The van der Waals surface area contributed by atoms with Gasteiger partial charge in [-0.05, 0) is 24.9 Å². The van der Waals surface area contributed by atoms with Gasteiger partial charge in [-0.15, -0.1) is 22.7 Å². The number of hydrogen-bond donors (Lipinski definition) is 2. The Labute approximate surface area is 114 Å². The Morgan fingerprint density at radius 1 is 1.39 bits per heavy atom. The first-order valence-corrected chi connectivity index (χ1v) is 8.42. The zero-order valence-electron chi connectivity index (χ0n) is 9.93. The SMILES string of the molecule is CNCc1scc(C)c1S(=O)(=O)Nc1nccs1. The molecule has 2 aromatic rings. The topological polar surface area (TPSA) is 71.1 Å². The Hall–Kier alpha value is -0.960. The first kappa shape index (κ1) is 13.5. The van der Waals surface area contributed by atoms with Crippen LogP contribution in [0.2, 0.25) is 0 Å². The molecule has 0 aromatic carbocycles. The van der Waals surface area contributed by atoms with Crippen LogP contribution in [-0.2, 0) is 16.6 Å². The molecule has 98 valence electrons. The number of aromatic nitrogens is 1. The molecule has 0 atom stereocenters. The first-order valence-electron chi connectivity index (χ1n) is 5.18. The van der Waals surface area contributed by atoms with Crippen LogP contribution in [0.1, 0.15) is 10.4 Å². The van der Waals surface area contributed by atoms with Gasteiger partial charge in [0.25, 0.3) is 10.0 Å². The Morgan fingerprint density at radius 3 is 2.78 bits per heavy atom. The minimum Gasteiger partial charge on any atom is -0.315 e. The molecular weight excluding hydrogens is 290 g/mol. The normalized spacial score (nSPS) is 11.7. The number of thiazole rings is 1. The highest BCUT2D eigenvalue weighted by Gasteiger charge is 2.23. The van der Waals surface area contributed by atoms with E-state index in [9.17, 15) is 8.42 Å². The average molecular weight is 303 g/mol. The molecule has 0 saturated carbocycles. The van der Waals surface area contributed by atoms with E-state index >= 15 is 0 Å². The largest absolute Gasteiger partial charge is 0.315 e. The third-order valence-electron chi connectivity index (χ3n) is 2.25. The van der Waals surface area contributed by atoms with Crippen LogP contribution in [0.5, 0.6) is 0 Å². The van der Waals surface area contributed by atoms with Crippen molar-refractivity contribution < 1.29 is 8.42 Å². The zero-order chi connectivity index (χ0) is 13.2. The summed E-state index contributed by atoms with van der Waals surface area (Å²) in [7, 11) is -1.76. The van der Waals surface area contributed by atoms with Gasteiger partial charge in [-0.25, -0.2) is 13.4 Å². The first-order chi connectivity index (χ1) is 8.54. The Balaban J connectivity index is 2.37. The third-order valence-corrected chi connectivity index (χ3v) is 5.87. The van der Waals surface area contributed by atoms with Crippen LogP contribution in [0.15, 0.2) is 21.9 Å². The second-order valence-corrected chi connectivity index (χ2v) is 7.12. The van der Waals surface area contributed by atoms with Crippen molar-refractivity contribution in [3.63, 3.8) is 0 Å². The van der Waals surface area contributed by atoms with Gasteiger partial charge in [0.05, 0.1) is 0 Å². The quantitative estimate of drug-likeness (QED) is 0.886. The van der Waals surface area contributed by atoms with Gasteiger partial charge >= 0.3 is 0 Å². The summed E-state index contributed by atoms with van der Waals surface area (Å²) in [5.74, 6) is 0. The summed E-state index contributed by atoms with van der Waals surface area (Å²) < 4.78 is 27.1. The third kappa shape index (κ3) is 2.72. The molecule has 0 aliphatic heterocycles. The van der Waals surface area contributed by atoms with Crippen LogP contribution >= 0.6 is 22.7 Å². The molecule has 2 rings (SSSR count). The van der Waals surface area contributed by atoms with E-state index in [4.69, 9.17) is 0 Å². The van der Waals surface area contributed by atoms with E-state index in [1.54, 1.807) is 25.5 Å². The number of rotatable bonds is 5. The lowest BCUT2D eigenvalue weighted by Gasteiger charge is -2.07. The molecule has 2 heterocycles. The van der Waals surface area contributed by atoms with Crippen molar-refractivity contribution in [3.8, 4) is 0 Å². The standard InChI is InChI=1S/C10H13N3O2S3/c1-7-6-17-8(5-11-2)9(7)18(14,15)13-10-12-3-4-16-10/h3-4,6,11H,5H2,1-2H3,(H,12,13). The van der Waals surface area contributed by atoms with E-state index in [1.165, 1.54) is 22.7 Å². The molecular formula is C10H13N3O2S3. The fourth-order valence-electron chi connectivity index (χ4n) is 1.57. The summed E-state index contributed by atoms with van der Waals surface area (Å²) in [5, 5.41) is 6.94. The molecule has 8 heteroatoms. The number of nitrogens with zero attached hydrogens (tertiary/aromatic N) is 1. The van der Waals surface area contributed by atoms with Crippen molar-refractivity contribution in [2.45, 2.75) is 18.4 Å². The van der Waals surface area contributed by atoms with E-state index in [1.807, 2.05) is 5.38 Å². The molecule has 0 radical (unpaired) electrons. The van der Waals surface area contributed by atoms with Crippen molar-refractivity contribution >= 4 is 37.8 Å². The predicted octanol–water partition coefficient (Wildman–Crippen LogP) is 2.03. The lowest BCUT2D eigenvalue weighted by atomic mass is 10.3. The molecule has 18 heavy (non-hydrogen) atoms. The molecule has 2 aromatic heterocycles. The fourth-order valence-corrected chi connectivity index (χ4v) is 5.18. The van der Waals surface area contributed by atoms with Gasteiger partial charge in [0, 0.05) is 23.0 Å². The molecule has 0 amide bonds. The summed E-state index contributed by atoms with van der Waals surface area (Å²) in [6.07, 6.45) is 1.57. The molecule has 0 fully saturated rings. The van der Waals surface area contributed by atoms with Gasteiger partial charge in [0.15, 0.2) is 5.13 Å². The maximum Gasteiger partial charge on any atom is 0.265 e. The summed E-state index contributed by atoms with van der Waals surface area (Å²) in [6, 6.07) is 0. The van der Waals surface area contributed by atoms with Gasteiger partial charge in [-0.2, -0.15) is 0 Å². The summed E-state index contributed by atoms with van der Waals surface area (Å²) in [5.41, 5.74) is 0.759. The van der Waals surface area contributed by atoms with E-state index < -0.39 is 10.0 Å². The van der Waals surface area contributed by atoms with E-state index in [2.05, 4.69) is 15.0 Å². The van der Waals surface area contributed by atoms with Gasteiger partial charge in [0.2, 0.25) is 0 Å². The predicted molar refractivity (Wildman–Crippen MR) is 74.7 cm³/mol. The van der Waals surface area contributed by atoms with Crippen molar-refractivity contribution in [1.82, 2.24) is 10.3 Å². The van der Waals surface area contributed by atoms with Crippen molar-refractivity contribution in [1.29, 1.82) is 0 Å². The number of aryl methyl sites for hydroxylation is 1. The lowest BCUT2D eigenvalue weighted by Crippen LogP contribution is -2.16. The second-order valence-electron chi connectivity index (χ2n) is 3.64. The molecule has 0 bridgehead atoms. The summed E-state index contributed by atoms with van der Waals surface area (Å²) in [6.45, 7) is 2.33. The molecule has 5 nitrogen and oxygen atoms in total. The number of nitrogens with one attached hydrogen (secondary N) is 2. The van der Waals surface area contributed by atoms with Gasteiger partial charge in [0.1, 0.15) is 4.90 Å². The second kappa shape index (κ2) is 5.35. The van der Waals surface area contributed by atoms with E-state index in [0.29, 0.717) is 16.6 Å². The Kier molecular flexibility index (Phi) is 4.00. The number of thiophene rings is 1. The van der Waals surface area contributed by atoms with Crippen molar-refractivity contribution in [2.24, 2.45) is 0 Å². The summed E-state index contributed by atoms with van der Waals surface area (Å²) in [4.78, 5) is 5.10. The molecule has 0 spiro atoms. The highest BCUT2D eigenvalue weighted by molar-refractivity contribution is 7.93. The van der Waals surface area contributed by atoms with E-state index in [-0.39, 0.29) is 0 Å². The molecule has 0 aliphatic carbocycles. The highest BCUT2D eigenvalue weighted by atomic mass is 32.2. The average Bonchev–Trinajstić information content (AvgIpc) is 2.89. The van der Waals surface area contributed by atoms with Crippen LogP contribution in [0, 0.1) is 6.92 Å². The minimum absolute atomic E-state index is 0.358. The molecule has 0 unspecified atom stereocenters. The van der Waals surface area contributed by atoms with Crippen LogP contribution in [-0.4, -0.2) is 20.4 Å². The van der Waals surface area contributed by atoms with Crippen LogP contribution in [0.25, 0.3) is 0 Å². The van der Waals surface area contributed by atoms with Crippen LogP contribution < -0.4 is 10.0 Å². The molecule has 2 N–H and O–H groups in total. The number of hydrogen-bond acceptors (Lipinski definition) is 6. The smallest absolute Gasteiger partial charge is 0.265 e. The Morgan fingerprint density at radius 2 is 2.17 bits per heavy atom. The Bertz CT molecular complexity index is 617. The highest BCUT2D eigenvalue weighted by Crippen LogP contribution is 2.28. The van der Waals surface area contributed by atoms with E-state index in [0.717, 1.165) is 10.4 Å². The number of sulfonamides is 1. The van der Waals surface area contributed by atoms with Gasteiger partial charge in [-0.1, -0.05) is 0 Å². The summed E-state index contributed by atoms with van der Waals surface area (Å²) >= 11 is 2.70. The maximum absolute atomic E-state index is 12.3. The van der Waals surface area contributed by atoms with Gasteiger partial charge in [-0.3, -0.25) is 4.72 Å². The van der Waals surface area contributed by atoms with Crippen molar-refractivity contribution in [3.05, 3.63) is 27.4 Å².